The highest BCUT2D eigenvalue weighted by molar-refractivity contribution is 7.98. The van der Waals surface area contributed by atoms with Crippen LogP contribution in [0.15, 0.2) is 82.6 Å². The maximum atomic E-state index is 13.9. The predicted octanol–water partition coefficient (Wildman–Crippen LogP) is 5.51. The second-order valence-corrected chi connectivity index (χ2v) is 12.3. The van der Waals surface area contributed by atoms with Crippen molar-refractivity contribution >= 4 is 50.9 Å². The van der Waals surface area contributed by atoms with Gasteiger partial charge in [-0.1, -0.05) is 48.4 Å². The van der Waals surface area contributed by atoms with Gasteiger partial charge >= 0.3 is 0 Å². The van der Waals surface area contributed by atoms with E-state index in [1.54, 1.807) is 61.5 Å². The minimum Gasteiger partial charge on any atom is -0.354 e. The van der Waals surface area contributed by atoms with E-state index in [-0.39, 0.29) is 17.3 Å². The molecule has 39 heavy (non-hydrogen) atoms. The first-order valence-electron chi connectivity index (χ1n) is 12.6. The summed E-state index contributed by atoms with van der Waals surface area (Å²) in [7, 11) is -4.11. The molecule has 0 aliphatic heterocycles. The molecule has 0 aliphatic rings. The van der Waals surface area contributed by atoms with E-state index in [1.807, 2.05) is 26.2 Å². The minimum absolute atomic E-state index is 0.0730. The number of hydrogen-bond acceptors (Lipinski definition) is 5. The number of nitrogens with zero attached hydrogens (tertiary/aromatic N) is 2. The van der Waals surface area contributed by atoms with Gasteiger partial charge in [0.15, 0.2) is 0 Å². The highest BCUT2D eigenvalue weighted by Crippen LogP contribution is 2.26. The summed E-state index contributed by atoms with van der Waals surface area (Å²) in [6.07, 6.45) is 2.66. The van der Waals surface area contributed by atoms with Crippen LogP contribution >= 0.6 is 23.4 Å². The maximum absolute atomic E-state index is 13.9. The lowest BCUT2D eigenvalue weighted by atomic mass is 10.1. The number of halogens is 1. The maximum Gasteiger partial charge on any atom is 0.264 e. The SMILES string of the molecule is CCCNC(=O)[C@H](C)N(Cc1cccc(Cl)c1)C(=O)CN(c1ccc(C)cc1)S(=O)(=O)c1ccc(SC)cc1. The third-order valence-electron chi connectivity index (χ3n) is 6.21. The molecule has 2 amide bonds. The predicted molar refractivity (Wildman–Crippen MR) is 159 cm³/mol. The molecule has 1 atom stereocenters. The fraction of sp³-hybridized carbons (Fsp3) is 0.310. The van der Waals surface area contributed by atoms with E-state index in [9.17, 15) is 18.0 Å². The van der Waals surface area contributed by atoms with Crippen molar-refractivity contribution in [3.8, 4) is 0 Å². The Balaban J connectivity index is 2.01. The molecule has 7 nitrogen and oxygen atoms in total. The topological polar surface area (TPSA) is 86.8 Å². The number of carbonyl (C=O) groups excluding carboxylic acids is 2. The quantitative estimate of drug-likeness (QED) is 0.282. The van der Waals surface area contributed by atoms with Gasteiger partial charge in [-0.3, -0.25) is 13.9 Å². The van der Waals surface area contributed by atoms with Crippen molar-refractivity contribution < 1.29 is 18.0 Å². The first-order valence-corrected chi connectivity index (χ1v) is 15.7. The standard InChI is InChI=1S/C29H34ClN3O4S2/c1-5-17-31-29(35)22(3)32(19-23-7-6-8-24(30)18-23)28(34)20-33(25-11-9-21(2)10-12-25)39(36,37)27-15-13-26(38-4)14-16-27/h6-16,18,22H,5,17,19-20H2,1-4H3,(H,31,35)/t22-/m0/s1. The molecule has 3 aromatic carbocycles. The molecule has 0 heterocycles. The lowest BCUT2D eigenvalue weighted by molar-refractivity contribution is -0.139. The van der Waals surface area contributed by atoms with E-state index < -0.39 is 28.5 Å². The smallest absolute Gasteiger partial charge is 0.264 e. The molecule has 0 spiro atoms. The number of anilines is 1. The van der Waals surface area contributed by atoms with Crippen LogP contribution in [-0.2, 0) is 26.2 Å². The molecule has 0 radical (unpaired) electrons. The second kappa shape index (κ2) is 13.9. The number of rotatable bonds is 12. The van der Waals surface area contributed by atoms with Crippen molar-refractivity contribution in [2.24, 2.45) is 0 Å². The lowest BCUT2D eigenvalue weighted by Crippen LogP contribution is -2.51. The van der Waals surface area contributed by atoms with Crippen LogP contribution in [-0.4, -0.2) is 50.5 Å². The zero-order valence-electron chi connectivity index (χ0n) is 22.6. The molecule has 1 N–H and O–H groups in total. The van der Waals surface area contributed by atoms with Gasteiger partial charge in [-0.05, 0) is 80.6 Å². The van der Waals surface area contributed by atoms with Crippen LogP contribution in [0.3, 0.4) is 0 Å². The van der Waals surface area contributed by atoms with Gasteiger partial charge in [-0.2, -0.15) is 0 Å². The van der Waals surface area contributed by atoms with Gasteiger partial charge in [0, 0.05) is 23.0 Å². The van der Waals surface area contributed by atoms with Crippen LogP contribution in [0, 0.1) is 6.92 Å². The Labute approximate surface area is 240 Å². The lowest BCUT2D eigenvalue weighted by Gasteiger charge is -2.32. The highest BCUT2D eigenvalue weighted by atomic mass is 35.5. The number of hydrogen-bond donors (Lipinski definition) is 1. The molecular weight excluding hydrogens is 554 g/mol. The Kier molecular flexibility index (Phi) is 10.9. The molecule has 0 bridgehead atoms. The fourth-order valence-electron chi connectivity index (χ4n) is 3.93. The van der Waals surface area contributed by atoms with Crippen LogP contribution in [0.4, 0.5) is 5.69 Å². The first kappa shape index (κ1) is 30.5. The molecule has 0 aliphatic carbocycles. The number of amides is 2. The molecular formula is C29H34ClN3O4S2. The summed E-state index contributed by atoms with van der Waals surface area (Å²) < 4.78 is 28.9. The Bertz CT molecular complexity index is 1380. The van der Waals surface area contributed by atoms with Crippen molar-refractivity contribution in [3.05, 3.63) is 88.9 Å². The minimum atomic E-state index is -4.11. The number of aryl methyl sites for hydroxylation is 1. The van der Waals surface area contributed by atoms with E-state index >= 15 is 0 Å². The first-order chi connectivity index (χ1) is 18.6. The zero-order chi connectivity index (χ0) is 28.6. The van der Waals surface area contributed by atoms with Crippen molar-refractivity contribution in [2.75, 3.05) is 23.7 Å². The Morgan fingerprint density at radius 3 is 2.28 bits per heavy atom. The fourth-order valence-corrected chi connectivity index (χ4v) is 5.96. The van der Waals surface area contributed by atoms with Gasteiger partial charge in [0.1, 0.15) is 12.6 Å². The summed E-state index contributed by atoms with van der Waals surface area (Å²) in [5, 5.41) is 3.33. The molecule has 0 unspecified atom stereocenters. The van der Waals surface area contributed by atoms with Crippen molar-refractivity contribution in [2.45, 2.75) is 49.6 Å². The summed E-state index contributed by atoms with van der Waals surface area (Å²) in [5.41, 5.74) is 2.03. The summed E-state index contributed by atoms with van der Waals surface area (Å²) >= 11 is 7.68. The van der Waals surface area contributed by atoms with Crippen molar-refractivity contribution in [1.82, 2.24) is 10.2 Å². The number of sulfonamides is 1. The zero-order valence-corrected chi connectivity index (χ0v) is 24.9. The van der Waals surface area contributed by atoms with E-state index in [4.69, 9.17) is 11.6 Å². The monoisotopic (exact) mass is 587 g/mol. The molecule has 3 rings (SSSR count). The number of thioether (sulfide) groups is 1. The normalized spacial score (nSPS) is 12.0. The summed E-state index contributed by atoms with van der Waals surface area (Å²) in [6.45, 7) is 5.55. The summed E-state index contributed by atoms with van der Waals surface area (Å²) in [6, 6.07) is 19.7. The van der Waals surface area contributed by atoms with E-state index in [0.29, 0.717) is 17.3 Å². The molecule has 0 saturated carbocycles. The van der Waals surface area contributed by atoms with Crippen LogP contribution in [0.1, 0.15) is 31.4 Å². The number of carbonyl (C=O) groups is 2. The van der Waals surface area contributed by atoms with Gasteiger partial charge in [-0.25, -0.2) is 8.42 Å². The van der Waals surface area contributed by atoms with E-state index in [0.717, 1.165) is 26.7 Å². The Morgan fingerprint density at radius 2 is 1.69 bits per heavy atom. The number of benzene rings is 3. The van der Waals surface area contributed by atoms with Crippen LogP contribution in [0.25, 0.3) is 0 Å². The summed E-state index contributed by atoms with van der Waals surface area (Å²) in [5.74, 6) is -0.830. The van der Waals surface area contributed by atoms with Crippen molar-refractivity contribution in [3.63, 3.8) is 0 Å². The average Bonchev–Trinajstić information content (AvgIpc) is 2.93. The van der Waals surface area contributed by atoms with Crippen LogP contribution in [0.5, 0.6) is 0 Å². The van der Waals surface area contributed by atoms with Gasteiger partial charge < -0.3 is 10.2 Å². The average molecular weight is 588 g/mol. The van der Waals surface area contributed by atoms with Crippen LogP contribution in [0.2, 0.25) is 5.02 Å². The molecule has 3 aromatic rings. The van der Waals surface area contributed by atoms with Crippen LogP contribution < -0.4 is 9.62 Å². The largest absolute Gasteiger partial charge is 0.354 e. The van der Waals surface area contributed by atoms with E-state index in [1.165, 1.54) is 28.8 Å². The van der Waals surface area contributed by atoms with Crippen molar-refractivity contribution in [1.29, 1.82) is 0 Å². The third kappa shape index (κ3) is 8.00. The second-order valence-electron chi connectivity index (χ2n) is 9.14. The molecule has 0 aromatic heterocycles. The van der Waals surface area contributed by atoms with Gasteiger partial charge in [-0.15, -0.1) is 11.8 Å². The van der Waals surface area contributed by atoms with E-state index in [2.05, 4.69) is 5.32 Å². The van der Waals surface area contributed by atoms with Gasteiger partial charge in [0.25, 0.3) is 10.0 Å². The third-order valence-corrected chi connectivity index (χ3v) is 8.97. The van der Waals surface area contributed by atoms with Gasteiger partial charge in [0.2, 0.25) is 11.8 Å². The molecule has 208 valence electrons. The Morgan fingerprint density at radius 1 is 1.03 bits per heavy atom. The van der Waals surface area contributed by atoms with Gasteiger partial charge in [0.05, 0.1) is 10.6 Å². The number of nitrogens with one attached hydrogen (secondary N) is 1. The molecule has 0 fully saturated rings. The molecule has 0 saturated heterocycles. The summed E-state index contributed by atoms with van der Waals surface area (Å²) in [4.78, 5) is 29.2. The molecule has 10 heteroatoms. The Hall–Kier alpha value is -3.01. The highest BCUT2D eigenvalue weighted by Gasteiger charge is 2.32.